The third-order valence-electron chi connectivity index (χ3n) is 3.34. The molecule has 4 heteroatoms. The molecular formula is C16H26N2O2. The Hall–Kier alpha value is -1.42. The van der Waals surface area contributed by atoms with Crippen molar-refractivity contribution in [2.45, 2.75) is 52.5 Å². The van der Waals surface area contributed by atoms with Crippen molar-refractivity contribution in [2.24, 2.45) is 5.92 Å². The van der Waals surface area contributed by atoms with Crippen LogP contribution in [0, 0.1) is 16.0 Å². The highest BCUT2D eigenvalue weighted by Gasteiger charge is 2.04. The molecule has 0 heterocycles. The van der Waals surface area contributed by atoms with E-state index in [1.54, 1.807) is 12.1 Å². The van der Waals surface area contributed by atoms with Gasteiger partial charge in [0.2, 0.25) is 0 Å². The summed E-state index contributed by atoms with van der Waals surface area (Å²) in [6.45, 7) is 6.21. The number of hydrogen-bond donors (Lipinski definition) is 1. The molecular weight excluding hydrogens is 252 g/mol. The molecule has 0 aliphatic rings. The molecule has 0 saturated heterocycles. The fourth-order valence-corrected chi connectivity index (χ4v) is 2.17. The molecule has 0 unspecified atom stereocenters. The van der Waals surface area contributed by atoms with E-state index in [2.05, 4.69) is 19.2 Å². The van der Waals surface area contributed by atoms with Gasteiger partial charge in [0.1, 0.15) is 0 Å². The van der Waals surface area contributed by atoms with Crippen LogP contribution in [0.1, 0.15) is 51.5 Å². The number of nitro groups is 1. The second kappa shape index (κ2) is 9.48. The molecule has 0 aromatic heterocycles. The van der Waals surface area contributed by atoms with Crippen molar-refractivity contribution in [2.75, 3.05) is 6.54 Å². The maximum absolute atomic E-state index is 10.7. The predicted molar refractivity (Wildman–Crippen MR) is 82.7 cm³/mol. The molecule has 1 aromatic carbocycles. The van der Waals surface area contributed by atoms with Crippen molar-refractivity contribution in [3.05, 3.63) is 39.9 Å². The molecule has 0 bridgehead atoms. The van der Waals surface area contributed by atoms with Gasteiger partial charge in [-0.3, -0.25) is 10.1 Å². The fourth-order valence-electron chi connectivity index (χ4n) is 2.17. The van der Waals surface area contributed by atoms with Crippen molar-refractivity contribution in [1.82, 2.24) is 5.32 Å². The fraction of sp³-hybridized carbons (Fsp3) is 0.625. The van der Waals surface area contributed by atoms with Crippen LogP contribution in [0.3, 0.4) is 0 Å². The smallest absolute Gasteiger partial charge is 0.269 e. The first-order valence-electron chi connectivity index (χ1n) is 7.53. The van der Waals surface area contributed by atoms with Gasteiger partial charge in [-0.05, 0) is 24.4 Å². The van der Waals surface area contributed by atoms with Gasteiger partial charge in [0.25, 0.3) is 5.69 Å². The van der Waals surface area contributed by atoms with Crippen molar-refractivity contribution in [3.63, 3.8) is 0 Å². The molecule has 1 N–H and O–H groups in total. The SMILES string of the molecule is CC(C)CCCCCCNCc1cccc([N+](=O)[O-])c1. The molecule has 112 valence electrons. The highest BCUT2D eigenvalue weighted by atomic mass is 16.6. The van der Waals surface area contributed by atoms with E-state index in [9.17, 15) is 10.1 Å². The van der Waals surface area contributed by atoms with Gasteiger partial charge in [-0.1, -0.05) is 51.7 Å². The Labute approximate surface area is 121 Å². The predicted octanol–water partition coefficient (Wildman–Crippen LogP) is 4.29. The molecule has 0 amide bonds. The summed E-state index contributed by atoms with van der Waals surface area (Å²) in [5, 5.41) is 14.0. The minimum Gasteiger partial charge on any atom is -0.313 e. The van der Waals surface area contributed by atoms with Gasteiger partial charge in [0, 0.05) is 18.7 Å². The molecule has 4 nitrogen and oxygen atoms in total. The van der Waals surface area contributed by atoms with Crippen LogP contribution in [-0.2, 0) is 6.54 Å². The Morgan fingerprint density at radius 1 is 1.20 bits per heavy atom. The summed E-state index contributed by atoms with van der Waals surface area (Å²) < 4.78 is 0. The van der Waals surface area contributed by atoms with Crippen LogP contribution in [0.4, 0.5) is 5.69 Å². The number of rotatable bonds is 10. The average Bonchev–Trinajstić information content (AvgIpc) is 2.41. The van der Waals surface area contributed by atoms with Crippen molar-refractivity contribution in [1.29, 1.82) is 0 Å². The zero-order valence-corrected chi connectivity index (χ0v) is 12.6. The van der Waals surface area contributed by atoms with E-state index < -0.39 is 0 Å². The number of nitrogens with one attached hydrogen (secondary N) is 1. The van der Waals surface area contributed by atoms with E-state index in [-0.39, 0.29) is 10.6 Å². The van der Waals surface area contributed by atoms with Crippen LogP contribution >= 0.6 is 0 Å². The lowest BCUT2D eigenvalue weighted by atomic mass is 10.0. The molecule has 1 rings (SSSR count). The lowest BCUT2D eigenvalue weighted by Gasteiger charge is -2.06. The molecule has 0 atom stereocenters. The van der Waals surface area contributed by atoms with Crippen LogP contribution in [-0.4, -0.2) is 11.5 Å². The van der Waals surface area contributed by atoms with E-state index in [0.717, 1.165) is 18.0 Å². The van der Waals surface area contributed by atoms with Crippen LogP contribution in [0.25, 0.3) is 0 Å². The summed E-state index contributed by atoms with van der Waals surface area (Å²) in [7, 11) is 0. The number of benzene rings is 1. The molecule has 1 aromatic rings. The monoisotopic (exact) mass is 278 g/mol. The van der Waals surface area contributed by atoms with Crippen LogP contribution in [0.15, 0.2) is 24.3 Å². The second-order valence-corrected chi connectivity index (χ2v) is 5.70. The van der Waals surface area contributed by atoms with Gasteiger partial charge in [-0.2, -0.15) is 0 Å². The lowest BCUT2D eigenvalue weighted by molar-refractivity contribution is -0.384. The summed E-state index contributed by atoms with van der Waals surface area (Å²) in [6, 6.07) is 6.82. The third kappa shape index (κ3) is 7.24. The zero-order chi connectivity index (χ0) is 14.8. The highest BCUT2D eigenvalue weighted by molar-refractivity contribution is 5.34. The van der Waals surface area contributed by atoms with E-state index in [1.807, 2.05) is 6.07 Å². The first-order chi connectivity index (χ1) is 9.59. The lowest BCUT2D eigenvalue weighted by Crippen LogP contribution is -2.14. The Morgan fingerprint density at radius 3 is 2.65 bits per heavy atom. The van der Waals surface area contributed by atoms with Gasteiger partial charge >= 0.3 is 0 Å². The van der Waals surface area contributed by atoms with Crippen LogP contribution in [0.2, 0.25) is 0 Å². The Morgan fingerprint density at radius 2 is 1.95 bits per heavy atom. The van der Waals surface area contributed by atoms with Crippen LogP contribution in [0.5, 0.6) is 0 Å². The molecule has 0 fully saturated rings. The minimum atomic E-state index is -0.349. The van der Waals surface area contributed by atoms with Crippen LogP contribution < -0.4 is 5.32 Å². The Kier molecular flexibility index (Phi) is 7.88. The summed E-state index contributed by atoms with van der Waals surface area (Å²) in [4.78, 5) is 10.3. The minimum absolute atomic E-state index is 0.165. The van der Waals surface area contributed by atoms with Crippen molar-refractivity contribution >= 4 is 5.69 Å². The number of unbranched alkanes of at least 4 members (excludes halogenated alkanes) is 3. The molecule has 0 aliphatic heterocycles. The summed E-state index contributed by atoms with van der Waals surface area (Å²) in [6.07, 6.45) is 6.38. The topological polar surface area (TPSA) is 55.2 Å². The molecule has 0 radical (unpaired) electrons. The van der Waals surface area contributed by atoms with E-state index in [0.29, 0.717) is 6.54 Å². The van der Waals surface area contributed by atoms with Crippen molar-refractivity contribution < 1.29 is 4.92 Å². The maximum atomic E-state index is 10.7. The normalized spacial score (nSPS) is 10.9. The van der Waals surface area contributed by atoms with E-state index in [4.69, 9.17) is 0 Å². The third-order valence-corrected chi connectivity index (χ3v) is 3.34. The largest absolute Gasteiger partial charge is 0.313 e. The van der Waals surface area contributed by atoms with Gasteiger partial charge in [0.15, 0.2) is 0 Å². The molecule has 0 aliphatic carbocycles. The summed E-state index contributed by atoms with van der Waals surface area (Å²) in [5.74, 6) is 0.807. The van der Waals surface area contributed by atoms with Gasteiger partial charge < -0.3 is 5.32 Å². The van der Waals surface area contributed by atoms with Crippen molar-refractivity contribution in [3.8, 4) is 0 Å². The van der Waals surface area contributed by atoms with E-state index >= 15 is 0 Å². The summed E-state index contributed by atoms with van der Waals surface area (Å²) >= 11 is 0. The molecule has 0 spiro atoms. The highest BCUT2D eigenvalue weighted by Crippen LogP contribution is 2.13. The first kappa shape index (κ1) is 16.6. The standard InChI is InChI=1S/C16H26N2O2/c1-14(2)8-5-3-4-6-11-17-13-15-9-7-10-16(12-15)18(19)20/h7,9-10,12,14,17H,3-6,8,11,13H2,1-2H3. The Balaban J connectivity index is 2.09. The van der Waals surface area contributed by atoms with Gasteiger partial charge in [-0.25, -0.2) is 0 Å². The Bertz CT molecular complexity index is 405. The average molecular weight is 278 g/mol. The number of hydrogen-bond acceptors (Lipinski definition) is 3. The molecule has 20 heavy (non-hydrogen) atoms. The molecule has 0 saturated carbocycles. The van der Waals surface area contributed by atoms with Gasteiger partial charge in [0.05, 0.1) is 4.92 Å². The second-order valence-electron chi connectivity index (χ2n) is 5.70. The maximum Gasteiger partial charge on any atom is 0.269 e. The zero-order valence-electron chi connectivity index (χ0n) is 12.6. The van der Waals surface area contributed by atoms with E-state index in [1.165, 1.54) is 38.2 Å². The number of non-ortho nitro benzene ring substituents is 1. The first-order valence-corrected chi connectivity index (χ1v) is 7.53. The number of nitrogens with zero attached hydrogens (tertiary/aromatic N) is 1. The summed E-state index contributed by atoms with van der Waals surface area (Å²) in [5.41, 5.74) is 1.14. The van der Waals surface area contributed by atoms with Gasteiger partial charge in [-0.15, -0.1) is 0 Å². The number of nitro benzene ring substituents is 1. The quantitative estimate of drug-likeness (QED) is 0.394.